The summed E-state index contributed by atoms with van der Waals surface area (Å²) in [6.45, 7) is 4.35. The van der Waals surface area contributed by atoms with Gasteiger partial charge in [-0.15, -0.1) is 0 Å². The Hall–Kier alpha value is -6.07. The van der Waals surface area contributed by atoms with Gasteiger partial charge in [0.1, 0.15) is 22.5 Å². The molecular weight excluding hydrogens is 615 g/mol. The van der Waals surface area contributed by atoms with Gasteiger partial charge >= 0.3 is 0 Å². The molecule has 0 saturated carbocycles. The SMILES string of the molecule is C/C=C\C=C/C1(C)Cc2c(oc3ccccc23)C=C1c1ccc(-c2nc(C3=CCCC=C3)nc(-c3ccccc3)n2)c2c1oc1ccccc12. The van der Waals surface area contributed by atoms with Crippen LogP contribution < -0.4 is 0 Å². The van der Waals surface area contributed by atoms with Gasteiger partial charge in [-0.05, 0) is 56.0 Å². The average molecular weight is 650 g/mol. The van der Waals surface area contributed by atoms with Crippen molar-refractivity contribution in [3.8, 4) is 22.8 Å². The minimum Gasteiger partial charge on any atom is -0.456 e. The number of para-hydroxylation sites is 2. The van der Waals surface area contributed by atoms with Crippen molar-refractivity contribution < 1.29 is 8.83 Å². The molecule has 1 atom stereocenters. The van der Waals surface area contributed by atoms with Gasteiger partial charge in [0.15, 0.2) is 17.5 Å². The summed E-state index contributed by atoms with van der Waals surface area (Å²) >= 11 is 0. The zero-order valence-electron chi connectivity index (χ0n) is 28.1. The highest BCUT2D eigenvalue weighted by molar-refractivity contribution is 6.15. The molecule has 0 amide bonds. The molecule has 9 rings (SSSR count). The van der Waals surface area contributed by atoms with Gasteiger partial charge in [0.2, 0.25) is 0 Å². The molecule has 7 aromatic rings. The molecule has 0 saturated heterocycles. The van der Waals surface area contributed by atoms with E-state index in [1.54, 1.807) is 0 Å². The first kappa shape index (κ1) is 30.0. The van der Waals surface area contributed by atoms with Crippen LogP contribution in [-0.2, 0) is 6.42 Å². The van der Waals surface area contributed by atoms with E-state index in [4.69, 9.17) is 23.8 Å². The Kier molecular flexibility index (Phi) is 7.27. The topological polar surface area (TPSA) is 65.0 Å². The zero-order chi connectivity index (χ0) is 33.7. The maximum absolute atomic E-state index is 6.82. The second-order valence-corrected chi connectivity index (χ2v) is 13.3. The number of fused-ring (bicyclic) bond motifs is 6. The number of hydrogen-bond donors (Lipinski definition) is 0. The quantitative estimate of drug-likeness (QED) is 0.168. The number of nitrogens with zero attached hydrogens (tertiary/aromatic N) is 3. The van der Waals surface area contributed by atoms with E-state index in [-0.39, 0.29) is 5.41 Å². The molecule has 0 aliphatic heterocycles. The van der Waals surface area contributed by atoms with E-state index in [1.807, 2.05) is 61.5 Å². The smallest absolute Gasteiger partial charge is 0.164 e. The van der Waals surface area contributed by atoms with Crippen LogP contribution in [0.4, 0.5) is 0 Å². The highest BCUT2D eigenvalue weighted by Crippen LogP contribution is 2.51. The largest absolute Gasteiger partial charge is 0.456 e. The molecular formula is C45H35N3O2. The fourth-order valence-electron chi connectivity index (χ4n) is 7.44. The second kappa shape index (κ2) is 12.1. The Bertz CT molecular complexity index is 2600. The lowest BCUT2D eigenvalue weighted by Crippen LogP contribution is -2.22. The summed E-state index contributed by atoms with van der Waals surface area (Å²) in [6.07, 6.45) is 20.1. The summed E-state index contributed by atoms with van der Waals surface area (Å²) in [5.41, 5.74) is 8.44. The first-order valence-corrected chi connectivity index (χ1v) is 17.3. The fourth-order valence-corrected chi connectivity index (χ4v) is 7.44. The maximum atomic E-state index is 6.82. The van der Waals surface area contributed by atoms with Gasteiger partial charge in [-0.3, -0.25) is 0 Å². The molecule has 5 heteroatoms. The third-order valence-corrected chi connectivity index (χ3v) is 9.91. The van der Waals surface area contributed by atoms with Gasteiger partial charge in [-0.25, -0.2) is 15.0 Å². The summed E-state index contributed by atoms with van der Waals surface area (Å²) in [7, 11) is 0. The van der Waals surface area contributed by atoms with Crippen molar-refractivity contribution in [2.45, 2.75) is 33.1 Å². The van der Waals surface area contributed by atoms with E-state index in [1.165, 1.54) is 5.56 Å². The molecule has 4 aromatic carbocycles. The van der Waals surface area contributed by atoms with E-state index >= 15 is 0 Å². The predicted octanol–water partition coefficient (Wildman–Crippen LogP) is 11.8. The third-order valence-electron chi connectivity index (χ3n) is 9.91. The molecule has 242 valence electrons. The lowest BCUT2D eigenvalue weighted by atomic mass is 9.70. The van der Waals surface area contributed by atoms with Crippen molar-refractivity contribution >= 4 is 50.1 Å². The van der Waals surface area contributed by atoms with E-state index in [2.05, 4.69) is 91.9 Å². The van der Waals surface area contributed by atoms with Crippen LogP contribution in [0, 0.1) is 5.41 Å². The number of allylic oxidation sites excluding steroid dienone is 9. The maximum Gasteiger partial charge on any atom is 0.164 e. The number of furan rings is 2. The van der Waals surface area contributed by atoms with E-state index < -0.39 is 0 Å². The summed E-state index contributed by atoms with van der Waals surface area (Å²) in [5, 5.41) is 3.17. The molecule has 0 spiro atoms. The molecule has 5 nitrogen and oxygen atoms in total. The van der Waals surface area contributed by atoms with Gasteiger partial charge in [0.25, 0.3) is 0 Å². The molecule has 0 radical (unpaired) electrons. The lowest BCUT2D eigenvalue weighted by molar-refractivity contribution is 0.537. The minimum absolute atomic E-state index is 0.340. The minimum atomic E-state index is -0.340. The van der Waals surface area contributed by atoms with Crippen molar-refractivity contribution in [2.75, 3.05) is 0 Å². The third kappa shape index (κ3) is 5.05. The fraction of sp³-hybridized carbons (Fsp3) is 0.133. The summed E-state index contributed by atoms with van der Waals surface area (Å²) in [5.74, 6) is 2.83. The van der Waals surface area contributed by atoms with Gasteiger partial charge < -0.3 is 8.83 Å². The second-order valence-electron chi connectivity index (χ2n) is 13.3. The molecule has 0 bridgehead atoms. The summed E-state index contributed by atoms with van der Waals surface area (Å²) < 4.78 is 13.3. The Balaban J connectivity index is 1.31. The molecule has 2 aliphatic carbocycles. The highest BCUT2D eigenvalue weighted by Gasteiger charge is 2.36. The predicted molar refractivity (Wildman–Crippen MR) is 204 cm³/mol. The Morgan fingerprint density at radius 1 is 0.700 bits per heavy atom. The van der Waals surface area contributed by atoms with Crippen molar-refractivity contribution in [1.29, 1.82) is 0 Å². The Morgan fingerprint density at radius 3 is 2.22 bits per heavy atom. The Morgan fingerprint density at radius 2 is 1.42 bits per heavy atom. The van der Waals surface area contributed by atoms with Crippen molar-refractivity contribution in [2.24, 2.45) is 5.41 Å². The van der Waals surface area contributed by atoms with Crippen LogP contribution in [0.1, 0.15) is 49.4 Å². The van der Waals surface area contributed by atoms with Crippen molar-refractivity contribution in [3.63, 3.8) is 0 Å². The van der Waals surface area contributed by atoms with E-state index in [0.717, 1.165) is 85.8 Å². The van der Waals surface area contributed by atoms with Crippen LogP contribution in [0.5, 0.6) is 0 Å². The first-order chi connectivity index (χ1) is 24.6. The molecule has 1 unspecified atom stereocenters. The van der Waals surface area contributed by atoms with Crippen LogP contribution in [0.15, 0.2) is 142 Å². The average Bonchev–Trinajstić information content (AvgIpc) is 3.73. The van der Waals surface area contributed by atoms with E-state index in [0.29, 0.717) is 17.5 Å². The van der Waals surface area contributed by atoms with Gasteiger partial charge in [-0.2, -0.15) is 0 Å². The van der Waals surface area contributed by atoms with Gasteiger partial charge in [0, 0.05) is 49.4 Å². The molecule has 3 aromatic heterocycles. The Labute approximate surface area is 290 Å². The normalized spacial score (nSPS) is 17.6. The number of rotatable bonds is 6. The monoisotopic (exact) mass is 649 g/mol. The molecule has 3 heterocycles. The van der Waals surface area contributed by atoms with Crippen LogP contribution in [0.25, 0.3) is 72.9 Å². The molecule has 50 heavy (non-hydrogen) atoms. The van der Waals surface area contributed by atoms with Crippen molar-refractivity contribution in [3.05, 3.63) is 156 Å². The number of hydrogen-bond acceptors (Lipinski definition) is 5. The summed E-state index contributed by atoms with van der Waals surface area (Å²) in [4.78, 5) is 15.2. The molecule has 0 fully saturated rings. The highest BCUT2D eigenvalue weighted by atomic mass is 16.3. The zero-order valence-corrected chi connectivity index (χ0v) is 28.1. The van der Waals surface area contributed by atoms with Crippen molar-refractivity contribution in [1.82, 2.24) is 15.0 Å². The van der Waals surface area contributed by atoms with E-state index in [9.17, 15) is 0 Å². The first-order valence-electron chi connectivity index (χ1n) is 17.3. The lowest BCUT2D eigenvalue weighted by Gasteiger charge is -2.33. The van der Waals surface area contributed by atoms with Crippen LogP contribution in [0.2, 0.25) is 0 Å². The standard InChI is InChI=1S/C45H35N3O2/c1-3-4-15-26-45(2)28-35-31-20-11-13-22-37(31)49-39(35)27-36(45)32-24-25-34(40-33-21-12-14-23-38(33)50-41(32)40)44-47-42(29-16-7-5-8-17-29)46-43(48-44)30-18-9-6-10-19-30/h3-5,7-9,11-27H,6,10,28H2,1-2H3/b4-3-,26-15-. The summed E-state index contributed by atoms with van der Waals surface area (Å²) in [6, 6.07) is 31.0. The number of benzene rings is 4. The van der Waals surface area contributed by atoms with Crippen LogP contribution in [0.3, 0.4) is 0 Å². The van der Waals surface area contributed by atoms with Crippen LogP contribution >= 0.6 is 0 Å². The molecule has 0 N–H and O–H groups in total. The molecule has 2 aliphatic rings. The van der Waals surface area contributed by atoms with Crippen LogP contribution in [-0.4, -0.2) is 15.0 Å². The van der Waals surface area contributed by atoms with Gasteiger partial charge in [0.05, 0.1) is 0 Å². The number of aromatic nitrogens is 3. The van der Waals surface area contributed by atoms with Gasteiger partial charge in [-0.1, -0.05) is 122 Å².